The van der Waals surface area contributed by atoms with Crippen LogP contribution in [-0.4, -0.2) is 39.1 Å². The van der Waals surface area contributed by atoms with Crippen LogP contribution in [0.2, 0.25) is 0 Å². The summed E-state index contributed by atoms with van der Waals surface area (Å²) in [5.41, 5.74) is 0.321. The lowest BCUT2D eigenvalue weighted by Gasteiger charge is -2.28. The number of halogens is 3. The lowest BCUT2D eigenvalue weighted by molar-refractivity contribution is -0.121. The van der Waals surface area contributed by atoms with Crippen molar-refractivity contribution in [2.45, 2.75) is 38.0 Å². The van der Waals surface area contributed by atoms with Gasteiger partial charge in [0.05, 0.1) is 29.9 Å². The summed E-state index contributed by atoms with van der Waals surface area (Å²) in [7, 11) is 0. The zero-order valence-electron chi connectivity index (χ0n) is 13.2. The number of Topliss-reactive ketones (excluding diaryl/α,β-unsaturated/α-hetero) is 1. The summed E-state index contributed by atoms with van der Waals surface area (Å²) < 4.78 is 2.89. The molecule has 3 rings (SSSR count). The van der Waals surface area contributed by atoms with Crippen LogP contribution in [0.5, 0.6) is 0 Å². The molecule has 0 amide bonds. The van der Waals surface area contributed by atoms with E-state index in [-0.39, 0.29) is 47.3 Å². The number of fused-ring (bicyclic) bond motifs is 1. The molecule has 25 heavy (non-hydrogen) atoms. The van der Waals surface area contributed by atoms with Gasteiger partial charge in [0.1, 0.15) is 0 Å². The Bertz CT molecular complexity index is 840. The van der Waals surface area contributed by atoms with Gasteiger partial charge in [-0.2, -0.15) is 0 Å². The lowest BCUT2D eigenvalue weighted by Crippen LogP contribution is -2.46. The molecule has 136 valence electrons. The van der Waals surface area contributed by atoms with Gasteiger partial charge in [-0.1, -0.05) is 0 Å². The Morgan fingerprint density at radius 1 is 1.36 bits per heavy atom. The maximum atomic E-state index is 12.6. The first-order valence-electron chi connectivity index (χ1n) is 7.73. The van der Waals surface area contributed by atoms with E-state index in [4.69, 9.17) is 0 Å². The van der Waals surface area contributed by atoms with Crippen LogP contribution in [0, 0.1) is 0 Å². The first kappa shape index (κ1) is 20.7. The van der Waals surface area contributed by atoms with Crippen LogP contribution in [0.4, 0.5) is 0 Å². The molecule has 0 spiro atoms. The number of benzene rings is 1. The number of aromatic nitrogens is 2. The quantitative estimate of drug-likeness (QED) is 0.624. The van der Waals surface area contributed by atoms with Gasteiger partial charge in [0.2, 0.25) is 0 Å². The third kappa shape index (κ3) is 4.77. The number of hydrogen-bond acceptors (Lipinski definition) is 5. The van der Waals surface area contributed by atoms with Crippen molar-refractivity contribution >= 4 is 65.5 Å². The molecule has 2 heterocycles. The zero-order valence-corrected chi connectivity index (χ0v) is 18.1. The van der Waals surface area contributed by atoms with Crippen LogP contribution < -0.4 is 10.9 Å². The lowest BCUT2D eigenvalue weighted by atomic mass is 9.97. The second kappa shape index (κ2) is 8.85. The van der Waals surface area contributed by atoms with Gasteiger partial charge in [-0.05, 0) is 63.4 Å². The Morgan fingerprint density at radius 2 is 2.08 bits per heavy atom. The van der Waals surface area contributed by atoms with E-state index in [9.17, 15) is 14.7 Å². The minimum Gasteiger partial charge on any atom is -0.391 e. The predicted octanol–water partition coefficient (Wildman–Crippen LogP) is 2.57. The van der Waals surface area contributed by atoms with E-state index >= 15 is 0 Å². The molecule has 0 radical (unpaired) electrons. The third-order valence-corrected chi connectivity index (χ3v) is 6.05. The Kier molecular flexibility index (Phi) is 7.33. The molecule has 1 aliphatic heterocycles. The van der Waals surface area contributed by atoms with Crippen LogP contribution >= 0.6 is 48.8 Å². The molecule has 9 heteroatoms. The highest BCUT2D eigenvalue weighted by Crippen LogP contribution is 2.26. The fraction of sp³-hybridized carbons (Fsp3) is 0.438. The van der Waals surface area contributed by atoms with Crippen LogP contribution in [0.15, 0.2) is 32.2 Å². The summed E-state index contributed by atoms with van der Waals surface area (Å²) in [5, 5.41) is 13.5. The number of hydrogen-bond donors (Lipinski definition) is 2. The highest BCUT2D eigenvalue weighted by atomic mass is 79.9. The van der Waals surface area contributed by atoms with E-state index in [0.29, 0.717) is 17.3 Å². The van der Waals surface area contributed by atoms with Crippen molar-refractivity contribution in [3.63, 3.8) is 0 Å². The Labute approximate surface area is 172 Å². The average molecular weight is 540 g/mol. The molecule has 6 nitrogen and oxygen atoms in total. The molecule has 2 N–H and O–H groups in total. The van der Waals surface area contributed by atoms with Gasteiger partial charge in [-0.25, -0.2) is 4.98 Å². The third-order valence-electron chi connectivity index (χ3n) is 4.21. The maximum absolute atomic E-state index is 12.6. The van der Waals surface area contributed by atoms with Crippen LogP contribution in [0.3, 0.4) is 0 Å². The van der Waals surface area contributed by atoms with E-state index in [1.165, 1.54) is 10.9 Å². The van der Waals surface area contributed by atoms with Crippen LogP contribution in [0.1, 0.15) is 19.3 Å². The number of carbonyl (C=O) groups excluding carboxylic acids is 1. The number of aliphatic hydroxyl groups excluding tert-OH is 1. The normalized spacial score (nSPS) is 20.3. The fourth-order valence-corrected chi connectivity index (χ4v) is 3.58. The highest BCUT2D eigenvalue weighted by molar-refractivity contribution is 9.13. The van der Waals surface area contributed by atoms with Gasteiger partial charge in [-0.3, -0.25) is 14.2 Å². The van der Waals surface area contributed by atoms with Gasteiger partial charge in [0.25, 0.3) is 5.56 Å². The Balaban J connectivity index is 0.00000225. The minimum absolute atomic E-state index is 0. The maximum Gasteiger partial charge on any atom is 0.261 e. The number of aliphatic hydroxyl groups is 1. The fourth-order valence-electron chi connectivity index (χ4n) is 2.91. The first-order chi connectivity index (χ1) is 11.5. The summed E-state index contributed by atoms with van der Waals surface area (Å²) >= 11 is 6.75. The number of rotatable bonds is 4. The molecule has 1 saturated heterocycles. The van der Waals surface area contributed by atoms with Crippen molar-refractivity contribution in [3.8, 4) is 0 Å². The second-order valence-electron chi connectivity index (χ2n) is 5.97. The zero-order chi connectivity index (χ0) is 17.3. The van der Waals surface area contributed by atoms with Crippen LogP contribution in [-0.2, 0) is 11.3 Å². The van der Waals surface area contributed by atoms with Gasteiger partial charge in [-0.15, -0.1) is 17.0 Å². The molecular weight excluding hydrogens is 522 g/mol. The summed E-state index contributed by atoms with van der Waals surface area (Å²) in [5.74, 6) is -0.104. The monoisotopic (exact) mass is 537 g/mol. The number of nitrogens with zero attached hydrogens (tertiary/aromatic N) is 2. The smallest absolute Gasteiger partial charge is 0.261 e. The summed E-state index contributed by atoms with van der Waals surface area (Å²) in [6.45, 7) is 0.760. The summed E-state index contributed by atoms with van der Waals surface area (Å²) in [6, 6.07) is 3.22. The predicted molar refractivity (Wildman–Crippen MR) is 108 cm³/mol. The molecule has 1 aliphatic rings. The van der Waals surface area contributed by atoms with E-state index in [1.54, 1.807) is 12.1 Å². The van der Waals surface area contributed by atoms with E-state index in [0.717, 1.165) is 21.9 Å². The average Bonchev–Trinajstić information content (AvgIpc) is 2.54. The highest BCUT2D eigenvalue weighted by Gasteiger charge is 2.25. The molecule has 0 aliphatic carbocycles. The molecular formula is C16H18Br3N3O3. The second-order valence-corrected chi connectivity index (χ2v) is 7.68. The van der Waals surface area contributed by atoms with Gasteiger partial charge >= 0.3 is 0 Å². The Hall–Kier alpha value is -0.610. The SMILES string of the molecule is Br.O=C(CC1NCCCC1O)Cn1cnc2cc(Br)c(Br)cc2c1=O. The number of carbonyl (C=O) groups is 1. The van der Waals surface area contributed by atoms with Crippen molar-refractivity contribution < 1.29 is 9.90 Å². The summed E-state index contributed by atoms with van der Waals surface area (Å²) in [4.78, 5) is 29.1. The van der Waals surface area contributed by atoms with Gasteiger partial charge in [0, 0.05) is 21.4 Å². The largest absolute Gasteiger partial charge is 0.391 e. The minimum atomic E-state index is -0.512. The number of piperidine rings is 1. The molecule has 0 bridgehead atoms. The van der Waals surface area contributed by atoms with Gasteiger partial charge in [0.15, 0.2) is 5.78 Å². The van der Waals surface area contributed by atoms with E-state index in [2.05, 4.69) is 42.2 Å². The van der Waals surface area contributed by atoms with Crippen molar-refractivity contribution in [2.24, 2.45) is 0 Å². The summed E-state index contributed by atoms with van der Waals surface area (Å²) in [6.07, 6.45) is 2.70. The molecule has 2 aromatic rings. The van der Waals surface area contributed by atoms with Crippen LogP contribution in [0.25, 0.3) is 10.9 Å². The Morgan fingerprint density at radius 3 is 2.80 bits per heavy atom. The van der Waals surface area contributed by atoms with Gasteiger partial charge < -0.3 is 10.4 Å². The van der Waals surface area contributed by atoms with Crippen molar-refractivity contribution in [3.05, 3.63) is 37.8 Å². The number of nitrogens with one attached hydrogen (secondary N) is 1. The molecule has 1 aromatic heterocycles. The molecule has 1 fully saturated rings. The molecule has 2 unspecified atom stereocenters. The van der Waals surface area contributed by atoms with E-state index < -0.39 is 6.10 Å². The molecule has 0 saturated carbocycles. The topological polar surface area (TPSA) is 84.2 Å². The first-order valence-corrected chi connectivity index (χ1v) is 9.31. The van der Waals surface area contributed by atoms with Crippen molar-refractivity contribution in [2.75, 3.05) is 6.54 Å². The van der Waals surface area contributed by atoms with Crippen molar-refractivity contribution in [1.29, 1.82) is 0 Å². The standard InChI is InChI=1S/C16H17Br2N3O3.BrH/c17-11-5-10-13(6-12(11)18)20-8-21(16(10)24)7-9(22)4-14-15(23)2-1-3-19-14;/h5-6,8,14-15,19,23H,1-4,7H2;1H. The number of ketones is 1. The van der Waals surface area contributed by atoms with E-state index in [1.807, 2.05) is 0 Å². The van der Waals surface area contributed by atoms with Crippen molar-refractivity contribution in [1.82, 2.24) is 14.9 Å². The molecule has 1 aromatic carbocycles. The molecule has 2 atom stereocenters.